The fraction of sp³-hybridized carbons (Fsp3) is 0.105. The Hall–Kier alpha value is -4.01. The number of para-hydroxylation sites is 2. The molecule has 144 valence electrons. The van der Waals surface area contributed by atoms with Gasteiger partial charge >= 0.3 is 5.97 Å². The molecule has 0 saturated carbocycles. The summed E-state index contributed by atoms with van der Waals surface area (Å²) in [5, 5.41) is 25.1. The fourth-order valence-electron chi connectivity index (χ4n) is 2.42. The van der Waals surface area contributed by atoms with Crippen LogP contribution in [-0.4, -0.2) is 40.4 Å². The van der Waals surface area contributed by atoms with Gasteiger partial charge in [-0.25, -0.2) is 9.78 Å². The number of carbonyl (C=O) groups is 1. The highest BCUT2D eigenvalue weighted by Crippen LogP contribution is 2.32. The lowest BCUT2D eigenvalue weighted by Crippen LogP contribution is -2.09. The molecule has 0 atom stereocenters. The number of aromatic carboxylic acids is 1. The first-order chi connectivity index (χ1) is 13.5. The van der Waals surface area contributed by atoms with E-state index < -0.39 is 5.97 Å². The lowest BCUT2D eigenvalue weighted by atomic mass is 10.2. The van der Waals surface area contributed by atoms with Crippen LogP contribution in [0.1, 0.15) is 10.4 Å². The molecule has 0 spiro atoms. The molecule has 1 heterocycles. The van der Waals surface area contributed by atoms with Crippen LogP contribution in [0.3, 0.4) is 0 Å². The number of phenolic OH excluding ortho intramolecular Hbond substituents is 1. The molecule has 3 aromatic rings. The van der Waals surface area contributed by atoms with Crippen LogP contribution in [0.25, 0.3) is 0 Å². The highest BCUT2D eigenvalue weighted by Gasteiger charge is 2.16. The molecule has 0 amide bonds. The SMILES string of the molecule is COc1ccc(Nc2nc(Nc3ccccc3O)ncc2C(=O)O)c(OC)c1. The Morgan fingerprint density at radius 3 is 2.50 bits per heavy atom. The maximum Gasteiger partial charge on any atom is 0.341 e. The third-order valence-electron chi connectivity index (χ3n) is 3.83. The largest absolute Gasteiger partial charge is 0.506 e. The number of methoxy groups -OCH3 is 2. The van der Waals surface area contributed by atoms with Crippen molar-refractivity contribution in [3.8, 4) is 17.2 Å². The predicted octanol–water partition coefficient (Wildman–Crippen LogP) is 3.38. The van der Waals surface area contributed by atoms with E-state index in [1.165, 1.54) is 26.5 Å². The maximum atomic E-state index is 11.6. The number of ether oxygens (including phenoxy) is 2. The van der Waals surface area contributed by atoms with E-state index >= 15 is 0 Å². The molecule has 0 saturated heterocycles. The molecule has 3 rings (SSSR count). The fourth-order valence-corrected chi connectivity index (χ4v) is 2.42. The van der Waals surface area contributed by atoms with Gasteiger partial charge in [-0.2, -0.15) is 4.98 Å². The zero-order valence-electron chi connectivity index (χ0n) is 15.1. The number of nitrogens with one attached hydrogen (secondary N) is 2. The van der Waals surface area contributed by atoms with Crippen LogP contribution in [-0.2, 0) is 0 Å². The molecule has 0 radical (unpaired) electrons. The van der Waals surface area contributed by atoms with E-state index in [0.29, 0.717) is 22.9 Å². The molecular weight excluding hydrogens is 364 g/mol. The zero-order valence-corrected chi connectivity index (χ0v) is 15.1. The number of anilines is 4. The second kappa shape index (κ2) is 8.12. The first-order valence-corrected chi connectivity index (χ1v) is 8.16. The molecule has 0 aliphatic rings. The minimum absolute atomic E-state index is 0.0137. The molecule has 0 aliphatic carbocycles. The first-order valence-electron chi connectivity index (χ1n) is 8.16. The predicted molar refractivity (Wildman–Crippen MR) is 103 cm³/mol. The molecule has 9 nitrogen and oxygen atoms in total. The minimum atomic E-state index is -1.19. The van der Waals surface area contributed by atoms with Gasteiger partial charge in [0.15, 0.2) is 5.82 Å². The molecule has 28 heavy (non-hydrogen) atoms. The average molecular weight is 382 g/mol. The molecule has 0 aliphatic heterocycles. The van der Waals surface area contributed by atoms with Gasteiger partial charge in [0.2, 0.25) is 5.95 Å². The van der Waals surface area contributed by atoms with Crippen LogP contribution < -0.4 is 20.1 Å². The zero-order chi connectivity index (χ0) is 20.1. The number of nitrogens with zero attached hydrogens (tertiary/aromatic N) is 2. The molecule has 9 heteroatoms. The highest BCUT2D eigenvalue weighted by atomic mass is 16.5. The topological polar surface area (TPSA) is 126 Å². The highest BCUT2D eigenvalue weighted by molar-refractivity contribution is 5.94. The van der Waals surface area contributed by atoms with E-state index in [2.05, 4.69) is 20.6 Å². The second-order valence-corrected chi connectivity index (χ2v) is 5.59. The maximum absolute atomic E-state index is 11.6. The van der Waals surface area contributed by atoms with Crippen molar-refractivity contribution in [1.82, 2.24) is 9.97 Å². The number of carboxylic acid groups (broad SMARTS) is 1. The molecular formula is C19H18N4O5. The molecule has 0 fully saturated rings. The van der Waals surface area contributed by atoms with Gasteiger partial charge < -0.3 is 30.3 Å². The lowest BCUT2D eigenvalue weighted by Gasteiger charge is -2.14. The second-order valence-electron chi connectivity index (χ2n) is 5.59. The number of carboxylic acids is 1. The van der Waals surface area contributed by atoms with Crippen LogP contribution in [0.4, 0.5) is 23.1 Å². The molecule has 0 unspecified atom stereocenters. The smallest absolute Gasteiger partial charge is 0.341 e. The Labute approximate surface area is 160 Å². The summed E-state index contributed by atoms with van der Waals surface area (Å²) < 4.78 is 10.5. The van der Waals surface area contributed by atoms with Gasteiger partial charge in [0.05, 0.1) is 25.6 Å². The Bertz CT molecular complexity index is 1010. The molecule has 0 bridgehead atoms. The van der Waals surface area contributed by atoms with Gasteiger partial charge in [-0.3, -0.25) is 0 Å². The molecule has 1 aromatic heterocycles. The molecule has 2 aromatic carbocycles. The van der Waals surface area contributed by atoms with Gasteiger partial charge in [0.25, 0.3) is 0 Å². The quantitative estimate of drug-likeness (QED) is 0.455. The minimum Gasteiger partial charge on any atom is -0.506 e. The summed E-state index contributed by atoms with van der Waals surface area (Å²) in [5.41, 5.74) is 0.761. The summed E-state index contributed by atoms with van der Waals surface area (Å²) in [6.07, 6.45) is 1.18. The summed E-state index contributed by atoms with van der Waals surface area (Å²) in [5.74, 6) is 0.0316. The third kappa shape index (κ3) is 4.04. The van der Waals surface area contributed by atoms with Crippen molar-refractivity contribution in [1.29, 1.82) is 0 Å². The monoisotopic (exact) mass is 382 g/mol. The first kappa shape index (κ1) is 18.8. The van der Waals surface area contributed by atoms with Crippen LogP contribution in [0, 0.1) is 0 Å². The Morgan fingerprint density at radius 2 is 1.82 bits per heavy atom. The number of aromatic nitrogens is 2. The number of hydrogen-bond donors (Lipinski definition) is 4. The number of benzene rings is 2. The Morgan fingerprint density at radius 1 is 1.04 bits per heavy atom. The van der Waals surface area contributed by atoms with Crippen LogP contribution in [0.5, 0.6) is 17.2 Å². The lowest BCUT2D eigenvalue weighted by molar-refractivity contribution is 0.0697. The molecule has 4 N–H and O–H groups in total. The normalized spacial score (nSPS) is 10.2. The third-order valence-corrected chi connectivity index (χ3v) is 3.83. The van der Waals surface area contributed by atoms with Gasteiger partial charge in [0.1, 0.15) is 22.8 Å². The van der Waals surface area contributed by atoms with E-state index in [0.717, 1.165) is 0 Å². The summed E-state index contributed by atoms with van der Waals surface area (Å²) in [7, 11) is 3.02. The van der Waals surface area contributed by atoms with Crippen LogP contribution >= 0.6 is 0 Å². The van der Waals surface area contributed by atoms with Crippen molar-refractivity contribution >= 4 is 29.1 Å². The van der Waals surface area contributed by atoms with Gasteiger partial charge in [-0.15, -0.1) is 0 Å². The van der Waals surface area contributed by atoms with E-state index in [1.807, 2.05) is 0 Å². The van der Waals surface area contributed by atoms with Gasteiger partial charge in [0, 0.05) is 12.3 Å². The van der Waals surface area contributed by atoms with Crippen LogP contribution in [0.2, 0.25) is 0 Å². The van der Waals surface area contributed by atoms with E-state index in [9.17, 15) is 15.0 Å². The van der Waals surface area contributed by atoms with Crippen molar-refractivity contribution in [3.05, 3.63) is 54.2 Å². The van der Waals surface area contributed by atoms with Crippen molar-refractivity contribution < 1.29 is 24.5 Å². The summed E-state index contributed by atoms with van der Waals surface area (Å²) in [6.45, 7) is 0. The number of aromatic hydroxyl groups is 1. The van der Waals surface area contributed by atoms with E-state index in [-0.39, 0.29) is 23.1 Å². The van der Waals surface area contributed by atoms with Crippen molar-refractivity contribution in [2.45, 2.75) is 0 Å². The van der Waals surface area contributed by atoms with Gasteiger partial charge in [-0.05, 0) is 24.3 Å². The number of hydrogen-bond acceptors (Lipinski definition) is 8. The summed E-state index contributed by atoms with van der Waals surface area (Å²) in [4.78, 5) is 19.8. The Kier molecular flexibility index (Phi) is 5.45. The standard InChI is InChI=1S/C19H18N4O5/c1-27-11-7-8-14(16(9-11)28-2)21-17-12(18(25)26)10-20-19(23-17)22-13-5-3-4-6-15(13)24/h3-10,24H,1-2H3,(H,25,26)(H2,20,21,22,23). The van der Waals surface area contributed by atoms with E-state index in [4.69, 9.17) is 9.47 Å². The number of rotatable bonds is 7. The van der Waals surface area contributed by atoms with Crippen LogP contribution in [0.15, 0.2) is 48.7 Å². The number of phenols is 1. The van der Waals surface area contributed by atoms with E-state index in [1.54, 1.807) is 36.4 Å². The van der Waals surface area contributed by atoms with Crippen molar-refractivity contribution in [2.75, 3.05) is 24.9 Å². The van der Waals surface area contributed by atoms with Crippen molar-refractivity contribution in [2.24, 2.45) is 0 Å². The summed E-state index contributed by atoms with van der Waals surface area (Å²) in [6, 6.07) is 11.6. The average Bonchev–Trinajstić information content (AvgIpc) is 2.70. The summed E-state index contributed by atoms with van der Waals surface area (Å²) >= 11 is 0. The Balaban J connectivity index is 1.97. The van der Waals surface area contributed by atoms with Crippen molar-refractivity contribution in [3.63, 3.8) is 0 Å². The van der Waals surface area contributed by atoms with Gasteiger partial charge in [-0.1, -0.05) is 12.1 Å².